The van der Waals surface area contributed by atoms with E-state index in [1.807, 2.05) is 11.5 Å². The molecule has 3 aromatic rings. The number of aliphatic hydroxyl groups is 1. The van der Waals surface area contributed by atoms with Gasteiger partial charge in [0.1, 0.15) is 16.6 Å². The number of rotatable bonds is 10. The molecule has 1 aliphatic rings. The largest absolute Gasteiger partial charge is 0.490 e. The molecule has 10 heteroatoms. The fraction of sp³-hybridized carbons (Fsp3) is 0.600. The molecule has 1 aliphatic carbocycles. The lowest BCUT2D eigenvalue weighted by Crippen LogP contribution is -2.20. The minimum atomic E-state index is -1.18. The van der Waals surface area contributed by atoms with Crippen LogP contribution in [0.3, 0.4) is 0 Å². The van der Waals surface area contributed by atoms with Gasteiger partial charge in [0.25, 0.3) is 0 Å². The summed E-state index contributed by atoms with van der Waals surface area (Å²) in [7, 11) is 0. The lowest BCUT2D eigenvalue weighted by Gasteiger charge is -2.18. The van der Waals surface area contributed by atoms with Crippen molar-refractivity contribution in [3.8, 4) is 17.3 Å². The average Bonchev–Trinajstić information content (AvgIpc) is 3.30. The van der Waals surface area contributed by atoms with Gasteiger partial charge in [0.05, 0.1) is 18.5 Å². The number of nitrogens with zero attached hydrogens (tertiary/aromatic N) is 5. The van der Waals surface area contributed by atoms with Crippen molar-refractivity contribution in [2.45, 2.75) is 52.2 Å². The van der Waals surface area contributed by atoms with E-state index in [1.165, 1.54) is 12.8 Å². The Balaban J connectivity index is 1.66. The fourth-order valence-corrected chi connectivity index (χ4v) is 3.51. The zero-order valence-corrected chi connectivity index (χ0v) is 17.7. The Morgan fingerprint density at radius 1 is 1.37 bits per heavy atom. The Kier molecular flexibility index (Phi) is 5.61. The van der Waals surface area contributed by atoms with Crippen LogP contribution in [0.5, 0.6) is 5.75 Å². The summed E-state index contributed by atoms with van der Waals surface area (Å²) in [4.78, 5) is 9.16. The van der Waals surface area contributed by atoms with Gasteiger partial charge in [0.15, 0.2) is 23.1 Å². The van der Waals surface area contributed by atoms with Crippen LogP contribution in [-0.4, -0.2) is 49.7 Å². The summed E-state index contributed by atoms with van der Waals surface area (Å²) in [5, 5.41) is 21.7. The third-order valence-electron chi connectivity index (χ3n) is 5.24. The van der Waals surface area contributed by atoms with E-state index in [9.17, 15) is 5.11 Å². The van der Waals surface area contributed by atoms with Gasteiger partial charge >= 0.3 is 0 Å². The zero-order chi connectivity index (χ0) is 21.3. The molecule has 4 rings (SSSR count). The van der Waals surface area contributed by atoms with E-state index in [0.29, 0.717) is 41.6 Å². The van der Waals surface area contributed by atoms with Gasteiger partial charge in [0.2, 0.25) is 0 Å². The standard InChI is InChI=1S/C20H29N7O3/c1-4-27-16-13(29-9-5-8-22-10-12-6-7-12)11-23-17(20(2,3)28)14(16)24-19(27)15-18(21)26-30-25-15/h11-12,22,28H,4-10H2,1-3H3,(H2,21,26). The number of nitrogens with one attached hydrogen (secondary N) is 1. The highest BCUT2D eigenvalue weighted by Gasteiger charge is 2.29. The van der Waals surface area contributed by atoms with Gasteiger partial charge in [-0.25, -0.2) is 9.61 Å². The second-order valence-corrected chi connectivity index (χ2v) is 8.25. The minimum Gasteiger partial charge on any atom is -0.490 e. The number of aromatic nitrogens is 5. The van der Waals surface area contributed by atoms with Crippen molar-refractivity contribution >= 4 is 16.9 Å². The number of imidazole rings is 1. The highest BCUT2D eigenvalue weighted by molar-refractivity contribution is 5.88. The lowest BCUT2D eigenvalue weighted by molar-refractivity contribution is 0.0753. The van der Waals surface area contributed by atoms with Crippen molar-refractivity contribution in [2.24, 2.45) is 5.92 Å². The van der Waals surface area contributed by atoms with Gasteiger partial charge in [-0.15, -0.1) is 0 Å². The highest BCUT2D eigenvalue weighted by Crippen LogP contribution is 2.36. The molecule has 30 heavy (non-hydrogen) atoms. The smallest absolute Gasteiger partial charge is 0.199 e. The zero-order valence-electron chi connectivity index (χ0n) is 17.7. The van der Waals surface area contributed by atoms with Gasteiger partial charge in [0, 0.05) is 6.54 Å². The number of hydrogen-bond acceptors (Lipinski definition) is 9. The summed E-state index contributed by atoms with van der Waals surface area (Å²) in [5.41, 5.74) is 6.83. The van der Waals surface area contributed by atoms with Gasteiger partial charge in [-0.2, -0.15) is 0 Å². The van der Waals surface area contributed by atoms with E-state index in [2.05, 4.69) is 20.6 Å². The van der Waals surface area contributed by atoms with Crippen molar-refractivity contribution in [1.82, 2.24) is 30.2 Å². The molecular formula is C20H29N7O3. The summed E-state index contributed by atoms with van der Waals surface area (Å²) in [6.45, 7) is 8.49. The maximum Gasteiger partial charge on any atom is 0.199 e. The van der Waals surface area contributed by atoms with Crippen LogP contribution in [0.4, 0.5) is 5.82 Å². The van der Waals surface area contributed by atoms with Crippen LogP contribution in [0.25, 0.3) is 22.6 Å². The molecular weight excluding hydrogens is 386 g/mol. The summed E-state index contributed by atoms with van der Waals surface area (Å²) >= 11 is 0. The molecule has 0 atom stereocenters. The van der Waals surface area contributed by atoms with Gasteiger partial charge in [-0.1, -0.05) is 0 Å². The molecule has 1 fully saturated rings. The Hall–Kier alpha value is -2.72. The van der Waals surface area contributed by atoms with Crippen molar-refractivity contribution < 1.29 is 14.5 Å². The van der Waals surface area contributed by atoms with Gasteiger partial charge in [-0.05, 0) is 69.4 Å². The molecule has 0 aliphatic heterocycles. The number of ether oxygens (including phenoxy) is 1. The monoisotopic (exact) mass is 415 g/mol. The predicted molar refractivity (Wildman–Crippen MR) is 112 cm³/mol. The average molecular weight is 415 g/mol. The first-order chi connectivity index (χ1) is 14.4. The number of aryl methyl sites for hydroxylation is 1. The van der Waals surface area contributed by atoms with Gasteiger partial charge in [-0.3, -0.25) is 4.98 Å². The van der Waals surface area contributed by atoms with Crippen LogP contribution in [0, 0.1) is 5.92 Å². The molecule has 0 saturated heterocycles. The Bertz CT molecular complexity index is 1020. The molecule has 4 N–H and O–H groups in total. The fourth-order valence-electron chi connectivity index (χ4n) is 3.51. The quantitative estimate of drug-likeness (QED) is 0.425. The van der Waals surface area contributed by atoms with Crippen LogP contribution < -0.4 is 15.8 Å². The maximum atomic E-state index is 10.6. The van der Waals surface area contributed by atoms with Crippen LogP contribution in [0.2, 0.25) is 0 Å². The van der Waals surface area contributed by atoms with Crippen LogP contribution in [0.1, 0.15) is 45.7 Å². The van der Waals surface area contributed by atoms with Crippen LogP contribution >= 0.6 is 0 Å². The number of fused-ring (bicyclic) bond motifs is 1. The molecule has 10 nitrogen and oxygen atoms in total. The number of hydrogen-bond donors (Lipinski definition) is 3. The summed E-state index contributed by atoms with van der Waals surface area (Å²) < 4.78 is 12.8. The number of nitrogens with two attached hydrogens (primary N) is 1. The molecule has 0 bridgehead atoms. The third-order valence-corrected chi connectivity index (χ3v) is 5.24. The Morgan fingerprint density at radius 2 is 2.17 bits per heavy atom. The first kappa shape index (κ1) is 20.5. The van der Waals surface area contributed by atoms with Crippen molar-refractivity contribution in [2.75, 3.05) is 25.4 Å². The molecule has 0 spiro atoms. The first-order valence-electron chi connectivity index (χ1n) is 10.4. The second-order valence-electron chi connectivity index (χ2n) is 8.25. The molecule has 1 saturated carbocycles. The molecule has 162 valence electrons. The summed E-state index contributed by atoms with van der Waals surface area (Å²) in [5.74, 6) is 2.12. The highest BCUT2D eigenvalue weighted by atomic mass is 16.6. The molecule has 0 radical (unpaired) electrons. The van der Waals surface area contributed by atoms with E-state index in [0.717, 1.165) is 30.9 Å². The molecule has 0 aromatic carbocycles. The van der Waals surface area contributed by atoms with Crippen molar-refractivity contribution in [3.05, 3.63) is 11.9 Å². The van der Waals surface area contributed by atoms with Crippen molar-refractivity contribution in [1.29, 1.82) is 0 Å². The Labute approximate surface area is 174 Å². The van der Waals surface area contributed by atoms with Crippen LogP contribution in [-0.2, 0) is 12.1 Å². The summed E-state index contributed by atoms with van der Waals surface area (Å²) in [6.07, 6.45) is 5.22. The summed E-state index contributed by atoms with van der Waals surface area (Å²) in [6, 6.07) is 0. The molecule has 0 unspecified atom stereocenters. The maximum absolute atomic E-state index is 10.6. The first-order valence-corrected chi connectivity index (χ1v) is 10.4. The number of anilines is 1. The SMILES string of the molecule is CCn1c(-c2nonc2N)nc2c(C(C)(C)O)ncc(OCCCNCC3CC3)c21. The lowest BCUT2D eigenvalue weighted by atomic mass is 10.0. The number of pyridine rings is 1. The molecule has 3 heterocycles. The van der Waals surface area contributed by atoms with Gasteiger partial charge < -0.3 is 25.5 Å². The Morgan fingerprint density at radius 3 is 2.80 bits per heavy atom. The number of nitrogen functional groups attached to an aromatic ring is 1. The predicted octanol–water partition coefficient (Wildman–Crippen LogP) is 2.08. The molecule has 3 aromatic heterocycles. The van der Waals surface area contributed by atoms with E-state index in [1.54, 1.807) is 20.0 Å². The minimum absolute atomic E-state index is 0.155. The van der Waals surface area contributed by atoms with E-state index >= 15 is 0 Å². The normalized spacial score (nSPS) is 14.5. The molecule has 0 amide bonds. The second kappa shape index (κ2) is 8.19. The van der Waals surface area contributed by atoms with E-state index < -0.39 is 5.60 Å². The topological polar surface area (TPSA) is 137 Å². The van der Waals surface area contributed by atoms with E-state index in [4.69, 9.17) is 20.1 Å². The third kappa shape index (κ3) is 4.10. The van der Waals surface area contributed by atoms with Crippen molar-refractivity contribution in [3.63, 3.8) is 0 Å². The van der Waals surface area contributed by atoms with Crippen LogP contribution in [0.15, 0.2) is 10.8 Å². The van der Waals surface area contributed by atoms with E-state index in [-0.39, 0.29) is 5.82 Å².